The predicted molar refractivity (Wildman–Crippen MR) is 67.3 cm³/mol. The molecule has 86 valence electrons. The second-order valence-electron chi connectivity index (χ2n) is 3.90. The van der Waals surface area contributed by atoms with E-state index in [9.17, 15) is 0 Å². The van der Waals surface area contributed by atoms with Gasteiger partial charge in [0.15, 0.2) is 0 Å². The summed E-state index contributed by atoms with van der Waals surface area (Å²) in [7, 11) is 0. The van der Waals surface area contributed by atoms with E-state index in [1.54, 1.807) is 4.68 Å². The van der Waals surface area contributed by atoms with Gasteiger partial charge < -0.3 is 0 Å². The first-order valence-electron chi connectivity index (χ1n) is 5.29. The van der Waals surface area contributed by atoms with E-state index in [0.717, 1.165) is 16.9 Å². The number of hydrogen-bond donors (Lipinski definition) is 0. The standard InChI is InChI=1S/C13H12ClN3/c1-9-4-3-5-11(6-9)17-13(7-14)12(8-15)10(2)16-17/h3-6H,7H2,1-2H3. The first-order valence-corrected chi connectivity index (χ1v) is 5.82. The Balaban J connectivity index is 2.64. The minimum absolute atomic E-state index is 0.275. The third kappa shape index (κ3) is 2.04. The zero-order valence-corrected chi connectivity index (χ0v) is 10.5. The highest BCUT2D eigenvalue weighted by Gasteiger charge is 2.14. The van der Waals surface area contributed by atoms with Crippen molar-refractivity contribution in [2.24, 2.45) is 0 Å². The van der Waals surface area contributed by atoms with E-state index < -0.39 is 0 Å². The average molecular weight is 246 g/mol. The number of benzene rings is 1. The van der Waals surface area contributed by atoms with Crippen LogP contribution in [0.3, 0.4) is 0 Å². The zero-order valence-electron chi connectivity index (χ0n) is 9.74. The molecule has 2 rings (SSSR count). The molecule has 2 aromatic rings. The van der Waals surface area contributed by atoms with Crippen molar-refractivity contribution in [1.29, 1.82) is 5.26 Å². The van der Waals surface area contributed by atoms with E-state index in [4.69, 9.17) is 16.9 Å². The Morgan fingerprint density at radius 1 is 1.41 bits per heavy atom. The Kier molecular flexibility index (Phi) is 3.16. The smallest absolute Gasteiger partial charge is 0.103 e. The molecule has 0 unspecified atom stereocenters. The van der Waals surface area contributed by atoms with Crippen molar-refractivity contribution in [2.45, 2.75) is 19.7 Å². The van der Waals surface area contributed by atoms with Gasteiger partial charge in [-0.05, 0) is 31.5 Å². The topological polar surface area (TPSA) is 41.6 Å². The molecule has 1 aromatic heterocycles. The van der Waals surface area contributed by atoms with E-state index in [1.807, 2.05) is 38.1 Å². The van der Waals surface area contributed by atoms with Crippen molar-refractivity contribution in [3.63, 3.8) is 0 Å². The number of alkyl halides is 1. The summed E-state index contributed by atoms with van der Waals surface area (Å²) in [6.45, 7) is 3.84. The summed E-state index contributed by atoms with van der Waals surface area (Å²) in [6.07, 6.45) is 0. The molecule has 1 heterocycles. The first-order chi connectivity index (χ1) is 8.17. The molecule has 0 fully saturated rings. The van der Waals surface area contributed by atoms with Crippen molar-refractivity contribution in [2.75, 3.05) is 0 Å². The fraction of sp³-hybridized carbons (Fsp3) is 0.231. The van der Waals surface area contributed by atoms with Gasteiger partial charge in [-0.1, -0.05) is 12.1 Å². The SMILES string of the molecule is Cc1cccc(-n2nc(C)c(C#N)c2CCl)c1. The summed E-state index contributed by atoms with van der Waals surface area (Å²) < 4.78 is 1.74. The van der Waals surface area contributed by atoms with Crippen molar-refractivity contribution in [3.8, 4) is 11.8 Å². The van der Waals surface area contributed by atoms with E-state index in [2.05, 4.69) is 11.2 Å². The normalized spacial score (nSPS) is 10.2. The van der Waals surface area contributed by atoms with Crippen molar-refractivity contribution in [1.82, 2.24) is 9.78 Å². The van der Waals surface area contributed by atoms with E-state index in [1.165, 1.54) is 0 Å². The molecule has 3 nitrogen and oxygen atoms in total. The first kappa shape index (κ1) is 11.7. The van der Waals surface area contributed by atoms with Crippen LogP contribution in [-0.4, -0.2) is 9.78 Å². The van der Waals surface area contributed by atoms with Crippen LogP contribution >= 0.6 is 11.6 Å². The van der Waals surface area contributed by atoms with Gasteiger partial charge in [0.25, 0.3) is 0 Å². The van der Waals surface area contributed by atoms with Crippen LogP contribution in [0.5, 0.6) is 0 Å². The summed E-state index contributed by atoms with van der Waals surface area (Å²) in [5, 5.41) is 13.5. The quantitative estimate of drug-likeness (QED) is 0.763. The highest BCUT2D eigenvalue weighted by molar-refractivity contribution is 6.17. The van der Waals surface area contributed by atoms with Gasteiger partial charge in [-0.2, -0.15) is 10.4 Å². The number of nitrogens with zero attached hydrogens (tertiary/aromatic N) is 3. The fourth-order valence-corrected chi connectivity index (χ4v) is 2.06. The van der Waals surface area contributed by atoms with E-state index >= 15 is 0 Å². The maximum atomic E-state index is 9.08. The molecular formula is C13H12ClN3. The molecule has 0 spiro atoms. The third-order valence-electron chi connectivity index (χ3n) is 2.64. The lowest BCUT2D eigenvalue weighted by Gasteiger charge is -2.06. The maximum absolute atomic E-state index is 9.08. The number of nitriles is 1. The number of aromatic nitrogens is 2. The summed E-state index contributed by atoms with van der Waals surface area (Å²) >= 11 is 5.91. The molecule has 0 atom stereocenters. The van der Waals surface area contributed by atoms with Crippen LogP contribution < -0.4 is 0 Å². The third-order valence-corrected chi connectivity index (χ3v) is 2.89. The summed E-state index contributed by atoms with van der Waals surface area (Å²) in [5.74, 6) is 0.275. The largest absolute Gasteiger partial charge is 0.235 e. The van der Waals surface area contributed by atoms with Crippen molar-refractivity contribution in [3.05, 3.63) is 46.8 Å². The molecule has 0 aliphatic carbocycles. The molecular weight excluding hydrogens is 234 g/mol. The van der Waals surface area contributed by atoms with Crippen LogP contribution in [0.1, 0.15) is 22.5 Å². The molecule has 0 aliphatic rings. The Hall–Kier alpha value is -1.79. The summed E-state index contributed by atoms with van der Waals surface area (Å²) in [4.78, 5) is 0. The summed E-state index contributed by atoms with van der Waals surface area (Å²) in [5.41, 5.74) is 4.11. The lowest BCUT2D eigenvalue weighted by Crippen LogP contribution is -2.01. The van der Waals surface area contributed by atoms with E-state index in [0.29, 0.717) is 11.3 Å². The Bertz CT molecular complexity index is 593. The highest BCUT2D eigenvalue weighted by atomic mass is 35.5. The molecule has 0 aliphatic heterocycles. The molecule has 0 radical (unpaired) electrons. The Morgan fingerprint density at radius 2 is 2.18 bits per heavy atom. The van der Waals surface area contributed by atoms with Gasteiger partial charge in [0.2, 0.25) is 0 Å². The van der Waals surface area contributed by atoms with Crippen LogP contribution in [0.15, 0.2) is 24.3 Å². The van der Waals surface area contributed by atoms with Crippen molar-refractivity contribution >= 4 is 11.6 Å². The minimum Gasteiger partial charge on any atom is -0.235 e. The van der Waals surface area contributed by atoms with Gasteiger partial charge in [0.05, 0.1) is 28.5 Å². The van der Waals surface area contributed by atoms with Crippen LogP contribution in [0.25, 0.3) is 5.69 Å². The van der Waals surface area contributed by atoms with Gasteiger partial charge in [-0.15, -0.1) is 11.6 Å². The lowest BCUT2D eigenvalue weighted by molar-refractivity contribution is 0.826. The van der Waals surface area contributed by atoms with Gasteiger partial charge in [0, 0.05) is 0 Å². The Labute approximate surface area is 105 Å². The molecule has 0 saturated heterocycles. The second-order valence-corrected chi connectivity index (χ2v) is 4.17. The number of rotatable bonds is 2. The molecule has 0 bridgehead atoms. The fourth-order valence-electron chi connectivity index (χ4n) is 1.82. The van der Waals surface area contributed by atoms with Gasteiger partial charge in [0.1, 0.15) is 6.07 Å². The van der Waals surface area contributed by atoms with Gasteiger partial charge in [-0.25, -0.2) is 4.68 Å². The lowest BCUT2D eigenvalue weighted by atomic mass is 10.2. The number of halogens is 1. The second kappa shape index (κ2) is 4.60. The number of hydrogen-bond acceptors (Lipinski definition) is 2. The summed E-state index contributed by atoms with van der Waals surface area (Å²) in [6, 6.07) is 10.1. The predicted octanol–water partition coefficient (Wildman–Crippen LogP) is 3.10. The van der Waals surface area contributed by atoms with Gasteiger partial charge >= 0.3 is 0 Å². The van der Waals surface area contributed by atoms with Crippen LogP contribution in [0.4, 0.5) is 0 Å². The maximum Gasteiger partial charge on any atom is 0.103 e. The van der Waals surface area contributed by atoms with Gasteiger partial charge in [-0.3, -0.25) is 0 Å². The van der Waals surface area contributed by atoms with E-state index in [-0.39, 0.29) is 5.88 Å². The zero-order chi connectivity index (χ0) is 12.4. The average Bonchev–Trinajstić information content (AvgIpc) is 2.65. The molecule has 17 heavy (non-hydrogen) atoms. The van der Waals surface area contributed by atoms with Crippen LogP contribution in [-0.2, 0) is 5.88 Å². The minimum atomic E-state index is 0.275. The molecule has 0 N–H and O–H groups in total. The van der Waals surface area contributed by atoms with Crippen LogP contribution in [0, 0.1) is 25.2 Å². The number of aryl methyl sites for hydroxylation is 2. The monoisotopic (exact) mass is 245 g/mol. The molecule has 0 saturated carbocycles. The highest BCUT2D eigenvalue weighted by Crippen LogP contribution is 2.20. The van der Waals surface area contributed by atoms with Crippen LogP contribution in [0.2, 0.25) is 0 Å². The molecule has 0 amide bonds. The van der Waals surface area contributed by atoms with Crippen molar-refractivity contribution < 1.29 is 0 Å². The Morgan fingerprint density at radius 3 is 2.76 bits per heavy atom. The molecule has 1 aromatic carbocycles. The molecule has 4 heteroatoms.